The van der Waals surface area contributed by atoms with Gasteiger partial charge in [0.05, 0.1) is 11.6 Å². The molecule has 0 bridgehead atoms. The van der Waals surface area contributed by atoms with Crippen LogP contribution in [0.1, 0.15) is 11.1 Å². The minimum atomic E-state index is 0.914. The van der Waals surface area contributed by atoms with Gasteiger partial charge in [-0.3, -0.25) is 0 Å². The molecule has 0 heterocycles. The minimum Gasteiger partial charge on any atom is -0.496 e. The summed E-state index contributed by atoms with van der Waals surface area (Å²) >= 11 is 3.45. The van der Waals surface area contributed by atoms with Gasteiger partial charge in [0, 0.05) is 0 Å². The maximum atomic E-state index is 5.20. The van der Waals surface area contributed by atoms with E-state index < -0.39 is 0 Å². The molecule has 0 spiro atoms. The predicted octanol–water partition coefficient (Wildman–Crippen LogP) is 3.03. The summed E-state index contributed by atoms with van der Waals surface area (Å²) < 4.78 is 6.22. The van der Waals surface area contributed by atoms with Crippen molar-refractivity contribution in [2.45, 2.75) is 6.42 Å². The van der Waals surface area contributed by atoms with Crippen molar-refractivity contribution >= 4 is 22.0 Å². The number of halogens is 1. The average molecular weight is 225 g/mol. The van der Waals surface area contributed by atoms with E-state index in [4.69, 9.17) is 4.74 Å². The maximum Gasteiger partial charge on any atom is 0.133 e. The standard InChI is InChI=1S/C10H9BrO/c1-12-10-6-8-4-2-3-7(8)5-9(10)11/h2-3,5-6H,4H2,1H3. The lowest BCUT2D eigenvalue weighted by atomic mass is 10.1. The minimum absolute atomic E-state index is 0.914. The van der Waals surface area contributed by atoms with E-state index in [1.165, 1.54) is 11.1 Å². The highest BCUT2D eigenvalue weighted by Crippen LogP contribution is 2.31. The summed E-state index contributed by atoms with van der Waals surface area (Å²) in [5.41, 5.74) is 2.64. The number of hydrogen-bond acceptors (Lipinski definition) is 1. The van der Waals surface area contributed by atoms with Gasteiger partial charge in [-0.1, -0.05) is 12.2 Å². The molecule has 1 aromatic carbocycles. The van der Waals surface area contributed by atoms with Crippen molar-refractivity contribution in [1.29, 1.82) is 0 Å². The maximum absolute atomic E-state index is 5.20. The van der Waals surface area contributed by atoms with Gasteiger partial charge in [0.25, 0.3) is 0 Å². The quantitative estimate of drug-likeness (QED) is 0.713. The molecule has 0 N–H and O–H groups in total. The van der Waals surface area contributed by atoms with Crippen molar-refractivity contribution in [2.24, 2.45) is 0 Å². The molecule has 1 nitrogen and oxygen atoms in total. The molecule has 1 aliphatic carbocycles. The van der Waals surface area contributed by atoms with Gasteiger partial charge in [-0.15, -0.1) is 0 Å². The number of benzene rings is 1. The van der Waals surface area contributed by atoms with Crippen LogP contribution in [0, 0.1) is 0 Å². The monoisotopic (exact) mass is 224 g/mol. The summed E-state index contributed by atoms with van der Waals surface area (Å²) in [4.78, 5) is 0. The lowest BCUT2D eigenvalue weighted by Gasteiger charge is -2.05. The second kappa shape index (κ2) is 2.94. The zero-order valence-corrected chi connectivity index (χ0v) is 8.39. The highest BCUT2D eigenvalue weighted by atomic mass is 79.9. The van der Waals surface area contributed by atoms with E-state index in [1.54, 1.807) is 7.11 Å². The van der Waals surface area contributed by atoms with Crippen LogP contribution >= 0.6 is 15.9 Å². The van der Waals surface area contributed by atoms with Crippen LogP contribution in [0.25, 0.3) is 6.08 Å². The Hall–Kier alpha value is -0.760. The number of hydrogen-bond donors (Lipinski definition) is 0. The summed E-state index contributed by atoms with van der Waals surface area (Å²) in [7, 11) is 1.69. The van der Waals surface area contributed by atoms with Crippen LogP contribution in [0.15, 0.2) is 22.7 Å². The molecule has 0 saturated heterocycles. The first-order valence-corrected chi connectivity index (χ1v) is 4.63. The summed E-state index contributed by atoms with van der Waals surface area (Å²) in [6, 6.07) is 4.18. The Kier molecular flexibility index (Phi) is 1.93. The Bertz CT molecular complexity index is 341. The topological polar surface area (TPSA) is 9.23 Å². The molecular formula is C10H9BrO. The van der Waals surface area contributed by atoms with Crippen molar-refractivity contribution < 1.29 is 4.74 Å². The molecule has 0 amide bonds. The molecule has 0 fully saturated rings. The number of methoxy groups -OCH3 is 1. The summed E-state index contributed by atoms with van der Waals surface area (Å²) in [5.74, 6) is 0.914. The van der Waals surface area contributed by atoms with Crippen LogP contribution in [0.2, 0.25) is 0 Å². The first kappa shape index (κ1) is 7.87. The van der Waals surface area contributed by atoms with Gasteiger partial charge < -0.3 is 4.74 Å². The SMILES string of the molecule is COc1cc2c(cc1Br)C=CC2. The van der Waals surface area contributed by atoms with Crippen LogP contribution < -0.4 is 4.74 Å². The van der Waals surface area contributed by atoms with Crippen molar-refractivity contribution in [3.63, 3.8) is 0 Å². The summed E-state index contributed by atoms with van der Waals surface area (Å²) in [5, 5.41) is 0. The Labute approximate surface area is 80.2 Å². The molecule has 62 valence electrons. The molecule has 0 unspecified atom stereocenters. The highest BCUT2D eigenvalue weighted by Gasteiger charge is 2.09. The van der Waals surface area contributed by atoms with Crippen LogP contribution in [-0.4, -0.2) is 7.11 Å². The Morgan fingerprint density at radius 2 is 2.25 bits per heavy atom. The van der Waals surface area contributed by atoms with E-state index in [9.17, 15) is 0 Å². The predicted molar refractivity (Wildman–Crippen MR) is 53.4 cm³/mol. The van der Waals surface area contributed by atoms with Crippen molar-refractivity contribution in [3.8, 4) is 5.75 Å². The molecule has 0 saturated carbocycles. The lowest BCUT2D eigenvalue weighted by Crippen LogP contribution is -1.88. The molecular weight excluding hydrogens is 216 g/mol. The average Bonchev–Trinajstić information content (AvgIpc) is 2.49. The van der Waals surface area contributed by atoms with Gasteiger partial charge in [-0.2, -0.15) is 0 Å². The van der Waals surface area contributed by atoms with Crippen LogP contribution in [0.3, 0.4) is 0 Å². The third kappa shape index (κ3) is 1.16. The van der Waals surface area contributed by atoms with E-state index >= 15 is 0 Å². The van der Waals surface area contributed by atoms with E-state index in [-0.39, 0.29) is 0 Å². The fraction of sp³-hybridized carbons (Fsp3) is 0.200. The number of fused-ring (bicyclic) bond motifs is 1. The summed E-state index contributed by atoms with van der Waals surface area (Å²) in [6.07, 6.45) is 5.33. The fourth-order valence-corrected chi connectivity index (χ4v) is 1.94. The fourth-order valence-electron chi connectivity index (χ4n) is 1.41. The zero-order valence-electron chi connectivity index (χ0n) is 6.80. The van der Waals surface area contributed by atoms with E-state index in [1.807, 2.05) is 0 Å². The molecule has 0 aliphatic heterocycles. The first-order valence-electron chi connectivity index (χ1n) is 3.84. The second-order valence-electron chi connectivity index (χ2n) is 2.79. The molecule has 2 rings (SSSR count). The molecule has 1 aliphatic rings. The third-order valence-corrected chi connectivity index (χ3v) is 2.67. The van der Waals surface area contributed by atoms with Crippen molar-refractivity contribution in [2.75, 3.05) is 7.11 Å². The van der Waals surface area contributed by atoms with Crippen LogP contribution in [0.4, 0.5) is 0 Å². The summed E-state index contributed by atoms with van der Waals surface area (Å²) in [6.45, 7) is 0. The third-order valence-electron chi connectivity index (χ3n) is 2.05. The zero-order chi connectivity index (χ0) is 8.55. The van der Waals surface area contributed by atoms with Crippen molar-refractivity contribution in [1.82, 2.24) is 0 Å². The Morgan fingerprint density at radius 1 is 1.42 bits per heavy atom. The van der Waals surface area contributed by atoms with E-state index in [0.717, 1.165) is 16.6 Å². The largest absolute Gasteiger partial charge is 0.496 e. The number of allylic oxidation sites excluding steroid dienone is 1. The molecule has 0 atom stereocenters. The van der Waals surface area contributed by atoms with Gasteiger partial charge in [0.1, 0.15) is 5.75 Å². The highest BCUT2D eigenvalue weighted by molar-refractivity contribution is 9.10. The van der Waals surface area contributed by atoms with Gasteiger partial charge in [0.2, 0.25) is 0 Å². The van der Waals surface area contributed by atoms with Crippen LogP contribution in [0.5, 0.6) is 5.75 Å². The number of ether oxygens (including phenoxy) is 1. The van der Waals surface area contributed by atoms with Crippen LogP contribution in [-0.2, 0) is 6.42 Å². The van der Waals surface area contributed by atoms with E-state index in [2.05, 4.69) is 40.2 Å². The van der Waals surface area contributed by atoms with Crippen molar-refractivity contribution in [3.05, 3.63) is 33.8 Å². The normalized spacial score (nSPS) is 13.2. The first-order chi connectivity index (χ1) is 5.81. The molecule has 2 heteroatoms. The Morgan fingerprint density at radius 3 is 3.00 bits per heavy atom. The Balaban J connectivity index is 2.54. The molecule has 12 heavy (non-hydrogen) atoms. The number of rotatable bonds is 1. The second-order valence-corrected chi connectivity index (χ2v) is 3.65. The van der Waals surface area contributed by atoms with Gasteiger partial charge in [-0.05, 0) is 45.6 Å². The van der Waals surface area contributed by atoms with E-state index in [0.29, 0.717) is 0 Å². The van der Waals surface area contributed by atoms with Gasteiger partial charge >= 0.3 is 0 Å². The molecule has 1 aromatic rings. The molecule has 0 radical (unpaired) electrons. The lowest BCUT2D eigenvalue weighted by molar-refractivity contribution is 0.411. The smallest absolute Gasteiger partial charge is 0.133 e. The molecule has 0 aromatic heterocycles. The van der Waals surface area contributed by atoms with Gasteiger partial charge in [-0.25, -0.2) is 0 Å². The van der Waals surface area contributed by atoms with Gasteiger partial charge in [0.15, 0.2) is 0 Å².